The summed E-state index contributed by atoms with van der Waals surface area (Å²) in [5, 5.41) is 3.89. The largest absolute Gasteiger partial charge is 0.497 e. The summed E-state index contributed by atoms with van der Waals surface area (Å²) in [5.41, 5.74) is 6.96. The fourth-order valence-electron chi connectivity index (χ4n) is 2.06. The van der Waals surface area contributed by atoms with Gasteiger partial charge in [0.05, 0.1) is 23.4 Å². The summed E-state index contributed by atoms with van der Waals surface area (Å²) in [6.45, 7) is 0. The third kappa shape index (κ3) is 2.68. The average molecular weight is 298 g/mol. The fourth-order valence-corrected chi connectivity index (χ4v) is 3.02. The van der Waals surface area contributed by atoms with Crippen molar-refractivity contribution in [1.82, 2.24) is 0 Å². The second kappa shape index (κ2) is 5.46. The molecule has 0 atom stereocenters. The molecule has 21 heavy (non-hydrogen) atoms. The predicted octanol–water partition coefficient (Wildman–Crippen LogP) is 3.74. The zero-order chi connectivity index (χ0) is 14.8. The second-order valence-corrected chi connectivity index (χ2v) is 5.64. The van der Waals surface area contributed by atoms with Gasteiger partial charge in [0.1, 0.15) is 5.75 Å². The Morgan fingerprint density at radius 2 is 2.00 bits per heavy atom. The number of rotatable bonds is 3. The molecule has 0 aliphatic carbocycles. The number of ether oxygens (including phenoxy) is 1. The van der Waals surface area contributed by atoms with Gasteiger partial charge in [-0.25, -0.2) is 0 Å². The highest BCUT2D eigenvalue weighted by Crippen LogP contribution is 2.28. The van der Waals surface area contributed by atoms with Gasteiger partial charge in [-0.1, -0.05) is 18.2 Å². The van der Waals surface area contributed by atoms with Gasteiger partial charge in [0, 0.05) is 10.8 Å². The fraction of sp³-hybridized carbons (Fsp3) is 0.0625. The van der Waals surface area contributed by atoms with Crippen molar-refractivity contribution in [2.75, 3.05) is 18.2 Å². The summed E-state index contributed by atoms with van der Waals surface area (Å²) in [7, 11) is 1.57. The van der Waals surface area contributed by atoms with Crippen molar-refractivity contribution in [1.29, 1.82) is 0 Å². The van der Waals surface area contributed by atoms with Gasteiger partial charge < -0.3 is 15.8 Å². The normalized spacial score (nSPS) is 10.5. The molecule has 0 fully saturated rings. The van der Waals surface area contributed by atoms with Crippen LogP contribution in [-0.4, -0.2) is 13.0 Å². The molecule has 0 saturated heterocycles. The number of hydrogen-bond donors (Lipinski definition) is 2. The van der Waals surface area contributed by atoms with E-state index in [0.717, 1.165) is 10.1 Å². The zero-order valence-corrected chi connectivity index (χ0v) is 12.2. The minimum absolute atomic E-state index is 0.159. The van der Waals surface area contributed by atoms with Crippen molar-refractivity contribution < 1.29 is 9.53 Å². The van der Waals surface area contributed by atoms with E-state index in [2.05, 4.69) is 5.32 Å². The molecular formula is C16H14N2O2S. The first kappa shape index (κ1) is 13.5. The highest BCUT2D eigenvalue weighted by Gasteiger charge is 2.12. The van der Waals surface area contributed by atoms with E-state index in [1.54, 1.807) is 25.3 Å². The van der Waals surface area contributed by atoms with Crippen LogP contribution in [0.15, 0.2) is 48.5 Å². The first-order valence-corrected chi connectivity index (χ1v) is 7.22. The number of carbonyl (C=O) groups excluding carboxylic acids is 1. The first-order chi connectivity index (χ1) is 10.2. The molecule has 0 radical (unpaired) electrons. The van der Waals surface area contributed by atoms with Crippen molar-refractivity contribution >= 4 is 38.7 Å². The second-order valence-electron chi connectivity index (χ2n) is 4.56. The Morgan fingerprint density at radius 3 is 2.71 bits per heavy atom. The van der Waals surface area contributed by atoms with Gasteiger partial charge in [-0.15, -0.1) is 11.3 Å². The molecule has 1 aromatic heterocycles. The third-order valence-corrected chi connectivity index (χ3v) is 4.27. The van der Waals surface area contributed by atoms with E-state index < -0.39 is 0 Å². The minimum atomic E-state index is -0.159. The van der Waals surface area contributed by atoms with Gasteiger partial charge in [-0.3, -0.25) is 4.79 Å². The molecule has 1 heterocycles. The summed E-state index contributed by atoms with van der Waals surface area (Å²) >= 11 is 1.46. The molecule has 0 unspecified atom stereocenters. The SMILES string of the molecule is COc1ccc(NC(=O)c2cc3ccccc3s2)c(N)c1. The molecule has 1 amide bonds. The number of hydrogen-bond acceptors (Lipinski definition) is 4. The topological polar surface area (TPSA) is 64.3 Å². The summed E-state index contributed by atoms with van der Waals surface area (Å²) in [4.78, 5) is 13.0. The minimum Gasteiger partial charge on any atom is -0.497 e. The molecule has 3 rings (SSSR count). The Labute approximate surface area is 126 Å². The molecule has 2 aromatic carbocycles. The molecule has 0 bridgehead atoms. The number of amides is 1. The Hall–Kier alpha value is -2.53. The maximum atomic E-state index is 12.3. The molecule has 0 saturated carbocycles. The summed E-state index contributed by atoms with van der Waals surface area (Å²) in [6, 6.07) is 15.0. The van der Waals surface area contributed by atoms with Gasteiger partial charge in [0.2, 0.25) is 0 Å². The van der Waals surface area contributed by atoms with Crippen LogP contribution in [0, 0.1) is 0 Å². The lowest BCUT2D eigenvalue weighted by Crippen LogP contribution is -2.11. The number of anilines is 2. The molecule has 5 heteroatoms. The van der Waals surface area contributed by atoms with Gasteiger partial charge in [0.25, 0.3) is 5.91 Å². The van der Waals surface area contributed by atoms with Crippen molar-refractivity contribution in [2.24, 2.45) is 0 Å². The van der Waals surface area contributed by atoms with E-state index >= 15 is 0 Å². The molecule has 0 aliphatic rings. The number of fused-ring (bicyclic) bond motifs is 1. The number of benzene rings is 2. The van der Waals surface area contributed by atoms with E-state index in [1.807, 2.05) is 30.3 Å². The summed E-state index contributed by atoms with van der Waals surface area (Å²) in [5.74, 6) is 0.500. The number of nitrogens with one attached hydrogen (secondary N) is 1. The highest BCUT2D eigenvalue weighted by molar-refractivity contribution is 7.20. The van der Waals surface area contributed by atoms with Crippen LogP contribution in [0.5, 0.6) is 5.75 Å². The Kier molecular flexibility index (Phi) is 3.50. The average Bonchev–Trinajstić information content (AvgIpc) is 2.93. The standard InChI is InChI=1S/C16H14N2O2S/c1-20-11-6-7-13(12(17)9-11)18-16(19)15-8-10-4-2-3-5-14(10)21-15/h2-9H,17H2,1H3,(H,18,19). The Morgan fingerprint density at radius 1 is 1.19 bits per heavy atom. The van der Waals surface area contributed by atoms with Gasteiger partial charge in [-0.05, 0) is 29.7 Å². The first-order valence-electron chi connectivity index (χ1n) is 6.41. The van der Waals surface area contributed by atoms with E-state index in [0.29, 0.717) is 22.0 Å². The summed E-state index contributed by atoms with van der Waals surface area (Å²) in [6.07, 6.45) is 0. The molecular weight excluding hydrogens is 284 g/mol. The summed E-state index contributed by atoms with van der Waals surface area (Å²) < 4.78 is 6.18. The smallest absolute Gasteiger partial charge is 0.265 e. The zero-order valence-electron chi connectivity index (χ0n) is 11.4. The molecule has 0 aliphatic heterocycles. The lowest BCUT2D eigenvalue weighted by atomic mass is 10.2. The number of nitrogen functional groups attached to an aromatic ring is 1. The molecule has 3 aromatic rings. The van der Waals surface area contributed by atoms with Crippen LogP contribution in [-0.2, 0) is 0 Å². The molecule has 3 N–H and O–H groups in total. The van der Waals surface area contributed by atoms with Gasteiger partial charge in [0.15, 0.2) is 0 Å². The van der Waals surface area contributed by atoms with E-state index in [-0.39, 0.29) is 5.91 Å². The maximum Gasteiger partial charge on any atom is 0.265 e. The van der Waals surface area contributed by atoms with Crippen molar-refractivity contribution in [3.05, 3.63) is 53.4 Å². The molecule has 0 spiro atoms. The highest BCUT2D eigenvalue weighted by atomic mass is 32.1. The number of carbonyl (C=O) groups is 1. The van der Waals surface area contributed by atoms with Gasteiger partial charge in [-0.2, -0.15) is 0 Å². The van der Waals surface area contributed by atoms with Crippen molar-refractivity contribution in [3.63, 3.8) is 0 Å². The van der Waals surface area contributed by atoms with Crippen molar-refractivity contribution in [2.45, 2.75) is 0 Å². The third-order valence-electron chi connectivity index (χ3n) is 3.16. The number of methoxy groups -OCH3 is 1. The lowest BCUT2D eigenvalue weighted by molar-refractivity contribution is 0.103. The quantitative estimate of drug-likeness (QED) is 0.724. The Bertz CT molecular complexity index is 778. The van der Waals surface area contributed by atoms with Crippen LogP contribution >= 0.6 is 11.3 Å². The van der Waals surface area contributed by atoms with Crippen LogP contribution in [0.3, 0.4) is 0 Å². The lowest BCUT2D eigenvalue weighted by Gasteiger charge is -2.08. The molecule has 106 valence electrons. The van der Waals surface area contributed by atoms with Crippen molar-refractivity contribution in [3.8, 4) is 5.75 Å². The van der Waals surface area contributed by atoms with Crippen LogP contribution in [0.25, 0.3) is 10.1 Å². The Balaban J connectivity index is 1.85. The van der Waals surface area contributed by atoms with Crippen LogP contribution in [0.1, 0.15) is 9.67 Å². The monoisotopic (exact) mass is 298 g/mol. The van der Waals surface area contributed by atoms with E-state index in [4.69, 9.17) is 10.5 Å². The predicted molar refractivity (Wildman–Crippen MR) is 87.2 cm³/mol. The number of nitrogens with two attached hydrogens (primary N) is 1. The maximum absolute atomic E-state index is 12.3. The van der Waals surface area contributed by atoms with Crippen LogP contribution in [0.2, 0.25) is 0 Å². The molecule has 4 nitrogen and oxygen atoms in total. The van der Waals surface area contributed by atoms with E-state index in [1.165, 1.54) is 11.3 Å². The van der Waals surface area contributed by atoms with Crippen LogP contribution < -0.4 is 15.8 Å². The van der Waals surface area contributed by atoms with Crippen LogP contribution in [0.4, 0.5) is 11.4 Å². The van der Waals surface area contributed by atoms with E-state index in [9.17, 15) is 4.79 Å². The number of thiophene rings is 1. The van der Waals surface area contributed by atoms with Gasteiger partial charge >= 0.3 is 0 Å².